The average molecular weight is 238 g/mol. The number of rotatable bonds is 7. The quantitative estimate of drug-likeness (QED) is 0.765. The van der Waals surface area contributed by atoms with Gasteiger partial charge in [0.2, 0.25) is 0 Å². The van der Waals surface area contributed by atoms with Crippen LogP contribution in [-0.2, 0) is 6.42 Å². The molecular formula is C14H22O3. The van der Waals surface area contributed by atoms with E-state index in [1.807, 2.05) is 31.2 Å². The van der Waals surface area contributed by atoms with E-state index >= 15 is 0 Å². The summed E-state index contributed by atoms with van der Waals surface area (Å²) in [4.78, 5) is 0. The minimum absolute atomic E-state index is 0.259. The van der Waals surface area contributed by atoms with E-state index in [1.165, 1.54) is 5.56 Å². The topological polar surface area (TPSA) is 49.7 Å². The Morgan fingerprint density at radius 1 is 1.18 bits per heavy atom. The molecule has 0 aliphatic rings. The van der Waals surface area contributed by atoms with Gasteiger partial charge < -0.3 is 14.9 Å². The Morgan fingerprint density at radius 3 is 2.35 bits per heavy atom. The summed E-state index contributed by atoms with van der Waals surface area (Å²) >= 11 is 0. The minimum Gasteiger partial charge on any atom is -0.491 e. The molecule has 17 heavy (non-hydrogen) atoms. The van der Waals surface area contributed by atoms with Crippen LogP contribution in [-0.4, -0.2) is 29.0 Å². The van der Waals surface area contributed by atoms with Gasteiger partial charge in [-0.2, -0.15) is 0 Å². The largest absolute Gasteiger partial charge is 0.491 e. The number of aliphatic hydroxyl groups excluding tert-OH is 2. The van der Waals surface area contributed by atoms with Crippen molar-refractivity contribution in [3.05, 3.63) is 29.8 Å². The fourth-order valence-corrected chi connectivity index (χ4v) is 1.44. The highest BCUT2D eigenvalue weighted by molar-refractivity contribution is 5.27. The van der Waals surface area contributed by atoms with E-state index in [9.17, 15) is 10.2 Å². The Bertz CT molecular complexity index is 306. The Morgan fingerprint density at radius 2 is 1.82 bits per heavy atom. The lowest BCUT2D eigenvalue weighted by molar-refractivity contribution is 0.104. The number of hydrogen-bond acceptors (Lipinski definition) is 3. The van der Waals surface area contributed by atoms with E-state index in [-0.39, 0.29) is 6.10 Å². The fourth-order valence-electron chi connectivity index (χ4n) is 1.44. The van der Waals surface area contributed by atoms with Crippen LogP contribution < -0.4 is 4.74 Å². The van der Waals surface area contributed by atoms with Crippen molar-refractivity contribution in [2.45, 2.75) is 45.3 Å². The molecule has 0 amide bonds. The third-order valence-corrected chi connectivity index (χ3v) is 2.69. The molecule has 1 aromatic carbocycles. The van der Waals surface area contributed by atoms with E-state index in [2.05, 4.69) is 0 Å². The third kappa shape index (κ3) is 5.71. The number of benzene rings is 1. The number of hydrogen-bond donors (Lipinski definition) is 2. The molecule has 3 heteroatoms. The summed E-state index contributed by atoms with van der Waals surface area (Å²) in [5.74, 6) is 0.776. The second-order valence-corrected chi connectivity index (χ2v) is 4.40. The van der Waals surface area contributed by atoms with Crippen LogP contribution in [0.25, 0.3) is 0 Å². The first-order valence-corrected chi connectivity index (χ1v) is 6.19. The first-order chi connectivity index (χ1) is 8.11. The Labute approximate surface area is 103 Å². The molecular weight excluding hydrogens is 216 g/mol. The molecule has 0 heterocycles. The zero-order valence-electron chi connectivity index (χ0n) is 10.6. The first kappa shape index (κ1) is 14.0. The van der Waals surface area contributed by atoms with Crippen LogP contribution in [0, 0.1) is 0 Å². The van der Waals surface area contributed by atoms with Gasteiger partial charge in [0.25, 0.3) is 0 Å². The van der Waals surface area contributed by atoms with Gasteiger partial charge in [0.15, 0.2) is 0 Å². The Hall–Kier alpha value is -1.06. The second kappa shape index (κ2) is 7.30. The summed E-state index contributed by atoms with van der Waals surface area (Å²) in [6, 6.07) is 7.80. The monoisotopic (exact) mass is 238 g/mol. The first-order valence-electron chi connectivity index (χ1n) is 6.19. The standard InChI is InChI=1S/C14H22O3/c1-3-13(16)10-17-14-8-6-12(7-9-14)5-4-11(2)15/h6-9,11,13,15-16H,3-5,10H2,1-2H3. The SMILES string of the molecule is CCC(O)COc1ccc(CCC(C)O)cc1. The predicted molar refractivity (Wildman–Crippen MR) is 68.2 cm³/mol. The molecule has 96 valence electrons. The van der Waals surface area contributed by atoms with Gasteiger partial charge in [0.05, 0.1) is 12.2 Å². The molecule has 0 aliphatic heterocycles. The highest BCUT2D eigenvalue weighted by atomic mass is 16.5. The van der Waals surface area contributed by atoms with Crippen LogP contribution in [0.3, 0.4) is 0 Å². The van der Waals surface area contributed by atoms with Crippen molar-refractivity contribution >= 4 is 0 Å². The number of aryl methyl sites for hydroxylation is 1. The molecule has 2 atom stereocenters. The lowest BCUT2D eigenvalue weighted by Gasteiger charge is -2.11. The molecule has 0 spiro atoms. The van der Waals surface area contributed by atoms with Crippen molar-refractivity contribution in [1.82, 2.24) is 0 Å². The normalized spacial score (nSPS) is 14.4. The summed E-state index contributed by atoms with van der Waals surface area (Å²) in [7, 11) is 0. The molecule has 0 fully saturated rings. The summed E-state index contributed by atoms with van der Waals surface area (Å²) in [5.41, 5.74) is 1.19. The molecule has 0 saturated carbocycles. The van der Waals surface area contributed by atoms with Crippen molar-refractivity contribution in [1.29, 1.82) is 0 Å². The molecule has 0 radical (unpaired) electrons. The van der Waals surface area contributed by atoms with Crippen LogP contribution >= 0.6 is 0 Å². The van der Waals surface area contributed by atoms with Crippen molar-refractivity contribution in [3.63, 3.8) is 0 Å². The maximum Gasteiger partial charge on any atom is 0.119 e. The van der Waals surface area contributed by atoms with Gasteiger partial charge in [0, 0.05) is 0 Å². The predicted octanol–water partition coefficient (Wildman–Crippen LogP) is 2.15. The lowest BCUT2D eigenvalue weighted by atomic mass is 10.1. The van der Waals surface area contributed by atoms with Crippen LogP contribution in [0.5, 0.6) is 5.75 Å². The summed E-state index contributed by atoms with van der Waals surface area (Å²) in [6.45, 7) is 4.06. The van der Waals surface area contributed by atoms with Gasteiger partial charge in [-0.05, 0) is 43.9 Å². The van der Waals surface area contributed by atoms with Crippen LogP contribution in [0.2, 0.25) is 0 Å². The van der Waals surface area contributed by atoms with E-state index in [0.717, 1.165) is 18.6 Å². The summed E-state index contributed by atoms with van der Waals surface area (Å²) in [5, 5.41) is 18.6. The van der Waals surface area contributed by atoms with E-state index < -0.39 is 6.10 Å². The lowest BCUT2D eigenvalue weighted by Crippen LogP contribution is -2.15. The highest BCUT2D eigenvalue weighted by Gasteiger charge is 2.02. The maximum atomic E-state index is 9.37. The van der Waals surface area contributed by atoms with Gasteiger partial charge in [-0.15, -0.1) is 0 Å². The average Bonchev–Trinajstić information content (AvgIpc) is 2.34. The summed E-state index contributed by atoms with van der Waals surface area (Å²) < 4.78 is 5.44. The molecule has 2 unspecified atom stereocenters. The van der Waals surface area contributed by atoms with Crippen molar-refractivity contribution in [2.75, 3.05) is 6.61 Å². The molecule has 3 nitrogen and oxygen atoms in total. The van der Waals surface area contributed by atoms with Crippen LogP contribution in [0.4, 0.5) is 0 Å². The van der Waals surface area contributed by atoms with Crippen molar-refractivity contribution in [3.8, 4) is 5.75 Å². The van der Waals surface area contributed by atoms with E-state index in [1.54, 1.807) is 6.92 Å². The molecule has 0 aliphatic carbocycles. The van der Waals surface area contributed by atoms with Crippen molar-refractivity contribution < 1.29 is 14.9 Å². The third-order valence-electron chi connectivity index (χ3n) is 2.69. The van der Waals surface area contributed by atoms with Gasteiger partial charge in [-0.3, -0.25) is 0 Å². The van der Waals surface area contributed by atoms with Crippen molar-refractivity contribution in [2.24, 2.45) is 0 Å². The van der Waals surface area contributed by atoms with E-state index in [4.69, 9.17) is 4.74 Å². The van der Waals surface area contributed by atoms with Gasteiger partial charge >= 0.3 is 0 Å². The smallest absolute Gasteiger partial charge is 0.119 e. The molecule has 1 aromatic rings. The fraction of sp³-hybridized carbons (Fsp3) is 0.571. The highest BCUT2D eigenvalue weighted by Crippen LogP contribution is 2.14. The molecule has 1 rings (SSSR count). The number of aliphatic hydroxyl groups is 2. The summed E-state index contributed by atoms with van der Waals surface area (Å²) in [6.07, 6.45) is 1.69. The number of ether oxygens (including phenoxy) is 1. The Balaban J connectivity index is 2.39. The second-order valence-electron chi connectivity index (χ2n) is 4.40. The van der Waals surface area contributed by atoms with Gasteiger partial charge in [0.1, 0.15) is 12.4 Å². The van der Waals surface area contributed by atoms with Crippen LogP contribution in [0.1, 0.15) is 32.3 Å². The van der Waals surface area contributed by atoms with Gasteiger partial charge in [-0.25, -0.2) is 0 Å². The zero-order chi connectivity index (χ0) is 12.7. The molecule has 2 N–H and O–H groups in total. The Kier molecular flexibility index (Phi) is 6.01. The molecule has 0 aromatic heterocycles. The van der Waals surface area contributed by atoms with Crippen LogP contribution in [0.15, 0.2) is 24.3 Å². The van der Waals surface area contributed by atoms with Gasteiger partial charge in [-0.1, -0.05) is 19.1 Å². The molecule has 0 saturated heterocycles. The zero-order valence-corrected chi connectivity index (χ0v) is 10.6. The molecule has 0 bridgehead atoms. The minimum atomic E-state index is -0.398. The van der Waals surface area contributed by atoms with E-state index in [0.29, 0.717) is 13.0 Å². The maximum absolute atomic E-state index is 9.37.